The van der Waals surface area contributed by atoms with Crippen LogP contribution in [0.3, 0.4) is 0 Å². The van der Waals surface area contributed by atoms with Crippen molar-refractivity contribution in [2.45, 2.75) is 18.3 Å². The molecule has 0 spiro atoms. The lowest BCUT2D eigenvalue weighted by Gasteiger charge is -2.10. The van der Waals surface area contributed by atoms with E-state index in [1.165, 1.54) is 12.8 Å². The quantitative estimate of drug-likeness (QED) is 0.678. The van der Waals surface area contributed by atoms with Crippen molar-refractivity contribution in [1.82, 2.24) is 25.3 Å². The van der Waals surface area contributed by atoms with Crippen LogP contribution >= 0.6 is 0 Å². The van der Waals surface area contributed by atoms with Crippen LogP contribution < -0.4 is 5.32 Å². The molecule has 5 nitrogen and oxygen atoms in total. The number of nitrogens with zero attached hydrogens (tertiary/aromatic N) is 2. The fraction of sp³-hybridized carbons (Fsp3) is 0.333. The molecule has 1 aliphatic carbocycles. The van der Waals surface area contributed by atoms with Crippen LogP contribution in [0.15, 0.2) is 30.7 Å². The van der Waals surface area contributed by atoms with Gasteiger partial charge >= 0.3 is 0 Å². The molecule has 4 rings (SSSR count). The highest BCUT2D eigenvalue weighted by atomic mass is 15.0. The van der Waals surface area contributed by atoms with Crippen molar-refractivity contribution in [1.29, 1.82) is 0 Å². The van der Waals surface area contributed by atoms with E-state index in [2.05, 4.69) is 37.4 Å². The summed E-state index contributed by atoms with van der Waals surface area (Å²) in [5.74, 6) is 1.10. The Hall–Kier alpha value is -2.14. The fourth-order valence-corrected chi connectivity index (χ4v) is 2.83. The Labute approximate surface area is 116 Å². The first-order valence-corrected chi connectivity index (χ1v) is 6.94. The van der Waals surface area contributed by atoms with Gasteiger partial charge in [0.1, 0.15) is 5.82 Å². The van der Waals surface area contributed by atoms with E-state index in [9.17, 15) is 0 Å². The molecule has 0 unspecified atom stereocenters. The molecule has 1 aromatic carbocycles. The average molecular weight is 267 g/mol. The minimum absolute atomic E-state index is 0.227. The maximum Gasteiger partial charge on any atom is 0.114 e. The first-order chi connectivity index (χ1) is 9.81. The van der Waals surface area contributed by atoms with Crippen LogP contribution in [0.5, 0.6) is 0 Å². The molecule has 1 aliphatic rings. The van der Waals surface area contributed by atoms with Gasteiger partial charge in [-0.05, 0) is 32.0 Å². The number of imidazole rings is 2. The van der Waals surface area contributed by atoms with Gasteiger partial charge in [0.15, 0.2) is 0 Å². The number of aromatic nitrogens is 4. The summed E-state index contributed by atoms with van der Waals surface area (Å²) in [6.45, 7) is 0.986. The molecule has 1 fully saturated rings. The molecule has 2 aromatic heterocycles. The molecule has 3 N–H and O–H groups in total. The lowest BCUT2D eigenvalue weighted by molar-refractivity contribution is 0.594. The van der Waals surface area contributed by atoms with Gasteiger partial charge in [0, 0.05) is 17.5 Å². The van der Waals surface area contributed by atoms with E-state index in [1.807, 2.05) is 19.3 Å². The third kappa shape index (κ3) is 1.74. The number of likely N-dealkylation sites (N-methyl/N-ethyl adjacent to an activating group) is 1. The van der Waals surface area contributed by atoms with Gasteiger partial charge in [-0.1, -0.05) is 6.07 Å². The minimum Gasteiger partial charge on any atom is -0.345 e. The van der Waals surface area contributed by atoms with Crippen molar-refractivity contribution in [2.24, 2.45) is 0 Å². The number of hydrogen-bond acceptors (Lipinski definition) is 3. The van der Waals surface area contributed by atoms with Crippen molar-refractivity contribution < 1.29 is 0 Å². The summed E-state index contributed by atoms with van der Waals surface area (Å²) in [6.07, 6.45) is 6.07. The molecule has 102 valence electrons. The van der Waals surface area contributed by atoms with Crippen molar-refractivity contribution in [3.05, 3.63) is 36.5 Å². The van der Waals surface area contributed by atoms with E-state index in [-0.39, 0.29) is 5.41 Å². The Morgan fingerprint density at radius 2 is 2.20 bits per heavy atom. The maximum atomic E-state index is 4.59. The first-order valence-electron chi connectivity index (χ1n) is 6.94. The highest BCUT2D eigenvalue weighted by molar-refractivity contribution is 5.80. The maximum absolute atomic E-state index is 4.59. The van der Waals surface area contributed by atoms with Crippen LogP contribution in [-0.2, 0) is 5.41 Å². The van der Waals surface area contributed by atoms with E-state index >= 15 is 0 Å². The van der Waals surface area contributed by atoms with Gasteiger partial charge in [-0.3, -0.25) is 0 Å². The molecule has 20 heavy (non-hydrogen) atoms. The molecule has 0 amide bonds. The summed E-state index contributed by atoms with van der Waals surface area (Å²) in [5.41, 5.74) is 4.47. The minimum atomic E-state index is 0.227. The number of nitrogens with one attached hydrogen (secondary N) is 3. The van der Waals surface area contributed by atoms with Gasteiger partial charge in [0.2, 0.25) is 0 Å². The lowest BCUT2D eigenvalue weighted by Crippen LogP contribution is -2.24. The smallest absolute Gasteiger partial charge is 0.114 e. The van der Waals surface area contributed by atoms with Gasteiger partial charge in [-0.2, -0.15) is 0 Å². The second-order valence-electron chi connectivity index (χ2n) is 5.59. The Morgan fingerprint density at radius 1 is 1.30 bits per heavy atom. The van der Waals surface area contributed by atoms with Crippen LogP contribution in [0.25, 0.3) is 22.3 Å². The number of aromatic amines is 2. The Balaban J connectivity index is 1.70. The van der Waals surface area contributed by atoms with Gasteiger partial charge < -0.3 is 15.3 Å². The molecule has 1 saturated carbocycles. The Kier molecular flexibility index (Phi) is 2.44. The van der Waals surface area contributed by atoms with E-state index in [1.54, 1.807) is 6.33 Å². The van der Waals surface area contributed by atoms with E-state index in [4.69, 9.17) is 0 Å². The molecule has 0 radical (unpaired) electrons. The average Bonchev–Trinajstić information content (AvgIpc) is 2.94. The largest absolute Gasteiger partial charge is 0.345 e. The van der Waals surface area contributed by atoms with Gasteiger partial charge in [0.25, 0.3) is 0 Å². The van der Waals surface area contributed by atoms with E-state index in [0.29, 0.717) is 0 Å². The van der Waals surface area contributed by atoms with Crippen molar-refractivity contribution in [3.63, 3.8) is 0 Å². The zero-order valence-corrected chi connectivity index (χ0v) is 11.4. The number of benzene rings is 1. The first kappa shape index (κ1) is 11.7. The summed E-state index contributed by atoms with van der Waals surface area (Å²) in [6, 6.07) is 6.22. The highest BCUT2D eigenvalue weighted by Gasteiger charge is 2.46. The summed E-state index contributed by atoms with van der Waals surface area (Å²) >= 11 is 0. The second-order valence-corrected chi connectivity index (χ2v) is 5.59. The van der Waals surface area contributed by atoms with Crippen LogP contribution in [0, 0.1) is 0 Å². The molecular formula is C15H17N5. The summed E-state index contributed by atoms with van der Waals surface area (Å²) < 4.78 is 0. The number of fused-ring (bicyclic) bond motifs is 1. The Morgan fingerprint density at radius 3 is 3.00 bits per heavy atom. The number of hydrogen-bond donors (Lipinski definition) is 3. The Bertz CT molecular complexity index is 750. The SMILES string of the molecule is CNCC1(c2ncc(-c3ccc4nc[nH]c4c3)[nH]2)CC1. The lowest BCUT2D eigenvalue weighted by atomic mass is 10.1. The predicted molar refractivity (Wildman–Crippen MR) is 78.5 cm³/mol. The fourth-order valence-electron chi connectivity index (χ4n) is 2.83. The van der Waals surface area contributed by atoms with Crippen molar-refractivity contribution in [3.8, 4) is 11.3 Å². The molecule has 3 aromatic rings. The van der Waals surface area contributed by atoms with Crippen molar-refractivity contribution >= 4 is 11.0 Å². The molecular weight excluding hydrogens is 250 g/mol. The van der Waals surface area contributed by atoms with Crippen LogP contribution in [-0.4, -0.2) is 33.5 Å². The normalized spacial score (nSPS) is 16.6. The van der Waals surface area contributed by atoms with Crippen LogP contribution in [0.1, 0.15) is 18.7 Å². The highest BCUT2D eigenvalue weighted by Crippen LogP contribution is 2.46. The van der Waals surface area contributed by atoms with Gasteiger partial charge in [-0.15, -0.1) is 0 Å². The predicted octanol–water partition coefficient (Wildman–Crippen LogP) is 2.20. The molecule has 5 heteroatoms. The number of H-pyrrole nitrogens is 2. The monoisotopic (exact) mass is 267 g/mol. The molecule has 0 aliphatic heterocycles. The second kappa shape index (κ2) is 4.18. The molecule has 0 saturated heterocycles. The third-order valence-corrected chi connectivity index (χ3v) is 4.18. The summed E-state index contributed by atoms with van der Waals surface area (Å²) in [4.78, 5) is 15.5. The van der Waals surface area contributed by atoms with E-state index in [0.717, 1.165) is 34.7 Å². The van der Waals surface area contributed by atoms with Gasteiger partial charge in [0.05, 0.1) is 29.3 Å². The molecule has 0 atom stereocenters. The number of rotatable bonds is 4. The van der Waals surface area contributed by atoms with Gasteiger partial charge in [-0.25, -0.2) is 9.97 Å². The van der Waals surface area contributed by atoms with Crippen LogP contribution in [0.4, 0.5) is 0 Å². The zero-order chi connectivity index (χ0) is 13.6. The zero-order valence-electron chi connectivity index (χ0n) is 11.4. The van der Waals surface area contributed by atoms with Crippen LogP contribution in [0.2, 0.25) is 0 Å². The topological polar surface area (TPSA) is 69.4 Å². The standard InChI is InChI=1S/C15H17N5/c1-16-8-15(4-5-15)14-17-7-13(20-14)10-2-3-11-12(6-10)19-9-18-11/h2-3,6-7,9,16H,4-5,8H2,1H3,(H,17,20)(H,18,19). The molecule has 2 heterocycles. The van der Waals surface area contributed by atoms with Crippen molar-refractivity contribution in [2.75, 3.05) is 13.6 Å². The van der Waals surface area contributed by atoms with E-state index < -0.39 is 0 Å². The summed E-state index contributed by atoms with van der Waals surface area (Å²) in [7, 11) is 2.00. The summed E-state index contributed by atoms with van der Waals surface area (Å²) in [5, 5.41) is 3.27. The third-order valence-electron chi connectivity index (χ3n) is 4.18. The molecule has 0 bridgehead atoms.